The van der Waals surface area contributed by atoms with Crippen molar-refractivity contribution in [2.24, 2.45) is 0 Å². The highest BCUT2D eigenvalue weighted by molar-refractivity contribution is 5.80. The molecule has 1 heterocycles. The van der Waals surface area contributed by atoms with Gasteiger partial charge in [-0.3, -0.25) is 4.79 Å². The number of rotatable bonds is 7. The topological polar surface area (TPSA) is 59.6 Å². The summed E-state index contributed by atoms with van der Waals surface area (Å²) in [5, 5.41) is 6.15. The molecule has 1 aliphatic rings. The zero-order valence-electron chi connectivity index (χ0n) is 10.1. The van der Waals surface area contributed by atoms with Gasteiger partial charge < -0.3 is 20.1 Å². The average molecular weight is 230 g/mol. The molecule has 2 unspecified atom stereocenters. The van der Waals surface area contributed by atoms with Crippen LogP contribution in [0.2, 0.25) is 0 Å². The first-order chi connectivity index (χ1) is 7.74. The van der Waals surface area contributed by atoms with Crippen LogP contribution in [0.3, 0.4) is 0 Å². The predicted octanol–water partition coefficient (Wildman–Crippen LogP) is -0.0939. The average Bonchev–Trinajstić information content (AvgIpc) is 2.76. The summed E-state index contributed by atoms with van der Waals surface area (Å²) in [5.41, 5.74) is 0. The van der Waals surface area contributed by atoms with Crippen molar-refractivity contribution in [3.8, 4) is 0 Å². The fourth-order valence-electron chi connectivity index (χ4n) is 1.60. The molecule has 0 spiro atoms. The number of carbonyl (C=O) groups is 1. The maximum atomic E-state index is 11.7. The first kappa shape index (κ1) is 13.4. The SMILES string of the molecule is CCOCCOC(C)C(=O)NC1CCNC1. The zero-order chi connectivity index (χ0) is 11.8. The third-order valence-corrected chi connectivity index (χ3v) is 2.58. The first-order valence-corrected chi connectivity index (χ1v) is 5.94. The lowest BCUT2D eigenvalue weighted by molar-refractivity contribution is -0.133. The van der Waals surface area contributed by atoms with Crippen LogP contribution in [-0.2, 0) is 14.3 Å². The van der Waals surface area contributed by atoms with Crippen molar-refractivity contribution in [1.82, 2.24) is 10.6 Å². The van der Waals surface area contributed by atoms with E-state index in [0.717, 1.165) is 19.5 Å². The number of ether oxygens (including phenoxy) is 2. The van der Waals surface area contributed by atoms with Crippen LogP contribution in [0.15, 0.2) is 0 Å². The predicted molar refractivity (Wildman–Crippen MR) is 61.3 cm³/mol. The molecular weight excluding hydrogens is 208 g/mol. The van der Waals surface area contributed by atoms with E-state index in [1.165, 1.54) is 0 Å². The second-order valence-corrected chi connectivity index (χ2v) is 3.91. The van der Waals surface area contributed by atoms with E-state index in [2.05, 4.69) is 10.6 Å². The molecule has 0 radical (unpaired) electrons. The summed E-state index contributed by atoms with van der Waals surface area (Å²) in [5.74, 6) is -0.0369. The van der Waals surface area contributed by atoms with E-state index in [-0.39, 0.29) is 11.9 Å². The lowest BCUT2D eigenvalue weighted by atomic mass is 10.2. The van der Waals surface area contributed by atoms with Gasteiger partial charge in [0.15, 0.2) is 0 Å². The van der Waals surface area contributed by atoms with Gasteiger partial charge in [-0.05, 0) is 26.8 Å². The molecule has 5 heteroatoms. The molecule has 0 aromatic rings. The van der Waals surface area contributed by atoms with Gasteiger partial charge in [-0.1, -0.05) is 0 Å². The third kappa shape index (κ3) is 4.92. The van der Waals surface area contributed by atoms with Gasteiger partial charge in [-0.15, -0.1) is 0 Å². The summed E-state index contributed by atoms with van der Waals surface area (Å²) in [6.45, 7) is 7.22. The first-order valence-electron chi connectivity index (χ1n) is 5.94. The highest BCUT2D eigenvalue weighted by Gasteiger charge is 2.20. The molecule has 5 nitrogen and oxygen atoms in total. The molecular formula is C11H22N2O3. The smallest absolute Gasteiger partial charge is 0.249 e. The Morgan fingerprint density at radius 2 is 2.38 bits per heavy atom. The largest absolute Gasteiger partial charge is 0.379 e. The highest BCUT2D eigenvalue weighted by Crippen LogP contribution is 1.99. The number of hydrogen-bond acceptors (Lipinski definition) is 4. The minimum atomic E-state index is -0.402. The van der Waals surface area contributed by atoms with Crippen LogP contribution in [0.5, 0.6) is 0 Å². The van der Waals surface area contributed by atoms with Gasteiger partial charge in [0.1, 0.15) is 6.10 Å². The molecule has 1 aliphatic heterocycles. The molecule has 1 saturated heterocycles. The summed E-state index contributed by atoms with van der Waals surface area (Å²) >= 11 is 0. The Bertz CT molecular complexity index is 205. The molecule has 0 saturated carbocycles. The standard InChI is InChI=1S/C11H22N2O3/c1-3-15-6-7-16-9(2)11(14)13-10-4-5-12-8-10/h9-10,12H,3-8H2,1-2H3,(H,13,14). The van der Waals surface area contributed by atoms with Crippen molar-refractivity contribution in [3.63, 3.8) is 0 Å². The Hall–Kier alpha value is -0.650. The molecule has 0 aromatic heterocycles. The fraction of sp³-hybridized carbons (Fsp3) is 0.909. The Morgan fingerprint density at radius 3 is 3.00 bits per heavy atom. The lowest BCUT2D eigenvalue weighted by Crippen LogP contribution is -2.42. The van der Waals surface area contributed by atoms with E-state index in [9.17, 15) is 4.79 Å². The third-order valence-electron chi connectivity index (χ3n) is 2.58. The van der Waals surface area contributed by atoms with Crippen molar-refractivity contribution in [3.05, 3.63) is 0 Å². The fourth-order valence-corrected chi connectivity index (χ4v) is 1.60. The number of hydrogen-bond donors (Lipinski definition) is 2. The monoisotopic (exact) mass is 230 g/mol. The summed E-state index contributed by atoms with van der Waals surface area (Å²) in [6.07, 6.45) is 0.596. The number of nitrogens with one attached hydrogen (secondary N) is 2. The van der Waals surface area contributed by atoms with Crippen LogP contribution in [0.4, 0.5) is 0 Å². The van der Waals surface area contributed by atoms with Gasteiger partial charge in [0.05, 0.1) is 13.2 Å². The van der Waals surface area contributed by atoms with Crippen LogP contribution in [0.25, 0.3) is 0 Å². The van der Waals surface area contributed by atoms with Crippen LogP contribution in [0, 0.1) is 0 Å². The van der Waals surface area contributed by atoms with E-state index in [1.54, 1.807) is 6.92 Å². The van der Waals surface area contributed by atoms with E-state index in [0.29, 0.717) is 19.8 Å². The summed E-state index contributed by atoms with van der Waals surface area (Å²) in [7, 11) is 0. The molecule has 2 atom stereocenters. The van der Waals surface area contributed by atoms with Crippen LogP contribution in [0.1, 0.15) is 20.3 Å². The normalized spacial score (nSPS) is 22.0. The zero-order valence-corrected chi connectivity index (χ0v) is 10.1. The van der Waals surface area contributed by atoms with E-state index < -0.39 is 6.10 Å². The molecule has 94 valence electrons. The van der Waals surface area contributed by atoms with Gasteiger partial charge in [0, 0.05) is 19.2 Å². The van der Waals surface area contributed by atoms with Crippen LogP contribution < -0.4 is 10.6 Å². The number of amides is 1. The number of carbonyl (C=O) groups excluding carboxylic acids is 1. The molecule has 0 aromatic carbocycles. The van der Waals surface area contributed by atoms with Crippen molar-refractivity contribution in [2.45, 2.75) is 32.4 Å². The van der Waals surface area contributed by atoms with E-state index in [4.69, 9.17) is 9.47 Å². The van der Waals surface area contributed by atoms with Gasteiger partial charge in [-0.25, -0.2) is 0 Å². The molecule has 16 heavy (non-hydrogen) atoms. The summed E-state index contributed by atoms with van der Waals surface area (Å²) in [6, 6.07) is 0.255. The Morgan fingerprint density at radius 1 is 1.56 bits per heavy atom. The van der Waals surface area contributed by atoms with Crippen LogP contribution >= 0.6 is 0 Å². The maximum absolute atomic E-state index is 11.7. The van der Waals surface area contributed by atoms with Gasteiger partial charge in [0.2, 0.25) is 5.91 Å². The van der Waals surface area contributed by atoms with Crippen molar-refractivity contribution < 1.29 is 14.3 Å². The van der Waals surface area contributed by atoms with Crippen LogP contribution in [-0.4, -0.2) is 51.0 Å². The van der Waals surface area contributed by atoms with Crippen molar-refractivity contribution in [2.75, 3.05) is 32.9 Å². The van der Waals surface area contributed by atoms with E-state index >= 15 is 0 Å². The Balaban J connectivity index is 2.09. The molecule has 2 N–H and O–H groups in total. The van der Waals surface area contributed by atoms with Crippen molar-refractivity contribution in [1.29, 1.82) is 0 Å². The van der Waals surface area contributed by atoms with Gasteiger partial charge in [0.25, 0.3) is 0 Å². The van der Waals surface area contributed by atoms with E-state index in [1.807, 2.05) is 6.92 Å². The Labute approximate surface area is 96.9 Å². The summed E-state index contributed by atoms with van der Waals surface area (Å²) < 4.78 is 10.5. The minimum Gasteiger partial charge on any atom is -0.379 e. The van der Waals surface area contributed by atoms with Gasteiger partial charge >= 0.3 is 0 Å². The second kappa shape index (κ2) is 7.60. The maximum Gasteiger partial charge on any atom is 0.249 e. The lowest BCUT2D eigenvalue weighted by Gasteiger charge is -2.16. The van der Waals surface area contributed by atoms with Crippen molar-refractivity contribution >= 4 is 5.91 Å². The highest BCUT2D eigenvalue weighted by atomic mass is 16.5. The quantitative estimate of drug-likeness (QED) is 0.600. The molecule has 0 bridgehead atoms. The second-order valence-electron chi connectivity index (χ2n) is 3.91. The molecule has 0 aliphatic carbocycles. The molecule has 1 fully saturated rings. The molecule has 1 rings (SSSR count). The molecule has 1 amide bonds. The summed E-state index contributed by atoms with van der Waals surface area (Å²) in [4.78, 5) is 11.7. The minimum absolute atomic E-state index is 0.0369. The van der Waals surface area contributed by atoms with Gasteiger partial charge in [-0.2, -0.15) is 0 Å². The Kier molecular flexibility index (Phi) is 6.37.